The number of pyridine rings is 6. The SMILES string of the molecule is CB(O)N[C@@H]1Cc2ncc(B(O)O)cc2N(C)C1=O.CB(O)N[C@@H]1Cc2ncc(Br)cc2N(C)C1=O.CB(O)N[C@@H]1Cc2ncc(Br)cc2NC1=O.Nc1cc(Br)cnc1Br.O=[N+]([O-])c1cc(Br)cnc1Br.O=c1[nH]cc(Br)cc1[N+](=O)[O-].[CH2-][C@@H](NB(C)O)C(=O)OC.[Zn+][I]. The average Bonchev–Trinajstić information content (AvgIpc) is 0.811. The van der Waals surface area contributed by atoms with E-state index in [0.29, 0.717) is 49.9 Å². The molecule has 0 bridgehead atoms. The van der Waals surface area contributed by atoms with Gasteiger partial charge in [-0.1, -0.05) is 0 Å². The fraction of sp³-hybridized carbons (Fsp3) is 0.286. The number of nitrogens with one attached hydrogen (secondary N) is 6. The molecular weight excluding hydrogens is 1870 g/mol. The summed E-state index contributed by atoms with van der Waals surface area (Å²) in [4.78, 5) is 102. The van der Waals surface area contributed by atoms with Gasteiger partial charge in [0.2, 0.25) is 17.7 Å². The first kappa shape index (κ1) is 86.9. The van der Waals surface area contributed by atoms with Gasteiger partial charge in [-0.2, -0.15) is 0 Å². The maximum absolute atomic E-state index is 12.1. The number of carbonyl (C=O) groups excluding carboxylic acids is 4. The van der Waals surface area contributed by atoms with Crippen LogP contribution >= 0.6 is 131 Å². The number of nitrogens with two attached hydrogens (primary N) is 1. The van der Waals surface area contributed by atoms with E-state index < -0.39 is 86.6 Å². The Morgan fingerprint density at radius 2 is 1.07 bits per heavy atom. The number of H-pyrrole nitrogens is 1. The molecule has 32 nitrogen and oxygen atoms in total. The van der Waals surface area contributed by atoms with Crippen molar-refractivity contribution >= 4 is 230 Å². The zero-order chi connectivity index (χ0) is 72.3. The number of carbonyl (C=O) groups is 4. The van der Waals surface area contributed by atoms with E-state index in [2.05, 4.69) is 199 Å². The van der Waals surface area contributed by atoms with Crippen molar-refractivity contribution in [2.24, 2.45) is 0 Å². The molecule has 95 heavy (non-hydrogen) atoms. The summed E-state index contributed by atoms with van der Waals surface area (Å²) in [5.74, 6) is -0.882. The molecule has 14 N–H and O–H groups in total. The summed E-state index contributed by atoms with van der Waals surface area (Å²) >= 11 is 25.7. The van der Waals surface area contributed by atoms with Crippen LogP contribution in [0.2, 0.25) is 27.3 Å². The number of halogens is 8. The minimum atomic E-state index is -1.62. The van der Waals surface area contributed by atoms with Crippen LogP contribution < -0.4 is 52.8 Å². The molecule has 0 aromatic carbocycles. The third kappa shape index (κ3) is 30.1. The van der Waals surface area contributed by atoms with Gasteiger partial charge in [-0.05, 0) is 169 Å². The summed E-state index contributed by atoms with van der Waals surface area (Å²) in [6.07, 6.45) is 10.6. The Bertz CT molecular complexity index is 3660. The standard InChI is InChI=1S/C10H15B2N3O4.C10H13BBrN3O2.C9H11BBrN3O2.C5H11BNO3.C5H2Br2N2O2.C5H4Br2N2.C5H3BrN2O3.HI.Zn/c1-11(17)14-8-4-7-9(15(2)10(8)16)3-6(5-13-7)12(18)19;1-11(17)14-8-4-7-9(15(2)10(8)16)3-6(12)5-13-7;1-10(16)14-8-3-6-7(13-9(8)15)2-5(11)4-12-6;1-4(5(8)10-3)7-6(2)9;6-3-1-4(9(10)11)5(7)8-2-3;6-3-1-4(8)5(7)9-2-3;6-3-1-4(8(10)11)5(9)7-2-3;;/h3,5,8,14,17-19H,4H2,1-2H3;3,5,8,14,17H,4H2,1-2H3;2,4,8,14,16H,3H2,1H3,(H,13,15);4,7,9H,1H2,2-3H3;1-2H;1-2H,8H2;1-2H,(H,7,9);1H;/q;;;-1;;;;;+2/p-1/t3*8-;4-;;;;;/m1111...../s1. The Morgan fingerprint density at radius 3 is 1.52 bits per heavy atom. The number of aromatic nitrogens is 6. The van der Waals surface area contributed by atoms with Crippen LogP contribution in [0.4, 0.5) is 34.1 Å². The van der Waals surface area contributed by atoms with Crippen molar-refractivity contribution < 1.29 is 78.7 Å². The molecule has 0 saturated heterocycles. The number of likely N-dealkylation sites (N-methyl/N-ethyl adjacent to an activating group) is 2. The Balaban J connectivity index is 0.000000382. The Hall–Kier alpha value is -4.18. The summed E-state index contributed by atoms with van der Waals surface area (Å²) in [6, 6.07) is 7.47. The number of ether oxygens (including phenoxy) is 1. The van der Waals surface area contributed by atoms with E-state index in [1.165, 1.54) is 64.3 Å². The molecule has 0 fully saturated rings. The number of anilines is 4. The fourth-order valence-corrected chi connectivity index (χ4v) is 10.1. The number of nitrogen functional groups attached to an aromatic ring is 1. The van der Waals surface area contributed by atoms with Crippen molar-refractivity contribution in [3.05, 3.63) is 160 Å². The number of rotatable bonds is 12. The van der Waals surface area contributed by atoms with Gasteiger partial charge in [-0.3, -0.25) is 59.2 Å². The second-order valence-electron chi connectivity index (χ2n) is 19.4. The number of nitrogens with zero attached hydrogens (tertiary/aromatic N) is 9. The molecule has 9 rings (SSSR count). The first-order valence-corrected chi connectivity index (χ1v) is 41.5. The summed E-state index contributed by atoms with van der Waals surface area (Å²) < 4.78 is 8.90. The number of amides is 3. The molecule has 46 heteroatoms. The van der Waals surface area contributed by atoms with Crippen molar-refractivity contribution in [1.82, 2.24) is 50.8 Å². The molecule has 0 aliphatic carbocycles. The van der Waals surface area contributed by atoms with E-state index in [0.717, 1.165) is 42.2 Å². The molecule has 504 valence electrons. The molecule has 0 unspecified atom stereocenters. The fourth-order valence-electron chi connectivity index (χ4n) is 7.83. The van der Waals surface area contributed by atoms with Crippen LogP contribution in [0.25, 0.3) is 0 Å². The quantitative estimate of drug-likeness (QED) is 0.0157. The third-order valence-electron chi connectivity index (χ3n) is 12.0. The van der Waals surface area contributed by atoms with E-state index >= 15 is 0 Å². The number of methoxy groups -OCH3 is 1. The molecule has 0 radical (unpaired) electrons. The van der Waals surface area contributed by atoms with Gasteiger partial charge in [-0.15, -0.1) is 0 Å². The molecule has 9 heterocycles. The van der Waals surface area contributed by atoms with Crippen LogP contribution in [0.1, 0.15) is 17.1 Å². The molecule has 4 atom stereocenters. The second kappa shape index (κ2) is 43.4. The van der Waals surface area contributed by atoms with Crippen LogP contribution in [0.5, 0.6) is 0 Å². The molecule has 6 aromatic rings. The molecule has 6 aromatic heterocycles. The van der Waals surface area contributed by atoms with Gasteiger partial charge in [0.15, 0.2) is 4.60 Å². The van der Waals surface area contributed by atoms with Gasteiger partial charge in [0, 0.05) is 110 Å². The molecule has 0 spiro atoms. The topological polar surface area (TPSA) is 475 Å². The molecular formula is C49H59B5Br7IN16O16Zn. The summed E-state index contributed by atoms with van der Waals surface area (Å²) in [7, 11) is -0.0115. The van der Waals surface area contributed by atoms with Gasteiger partial charge in [0.05, 0.1) is 74.9 Å². The van der Waals surface area contributed by atoms with Crippen molar-refractivity contribution in [1.29, 1.82) is 0 Å². The van der Waals surface area contributed by atoms with Crippen molar-refractivity contribution in [2.75, 3.05) is 42.1 Å². The van der Waals surface area contributed by atoms with Crippen molar-refractivity contribution in [3.63, 3.8) is 0 Å². The average molecular weight is 1930 g/mol. The third-order valence-corrected chi connectivity index (χ3v) is 15.4. The van der Waals surface area contributed by atoms with Crippen LogP contribution in [-0.2, 0) is 58.0 Å². The van der Waals surface area contributed by atoms with Gasteiger partial charge in [-0.25, -0.2) is 9.97 Å². The predicted molar refractivity (Wildman–Crippen MR) is 391 cm³/mol. The second-order valence-corrected chi connectivity index (χ2v) is 25.5. The van der Waals surface area contributed by atoms with E-state index in [1.807, 2.05) is 12.1 Å². The number of esters is 1. The monoisotopic (exact) mass is 1930 g/mol. The predicted octanol–water partition coefficient (Wildman–Crippen LogP) is 3.88. The van der Waals surface area contributed by atoms with E-state index in [9.17, 15) is 59.3 Å². The van der Waals surface area contributed by atoms with E-state index in [-0.39, 0.29) is 33.5 Å². The summed E-state index contributed by atoms with van der Waals surface area (Å²) in [6.45, 7) is 9.62. The molecule has 3 aliphatic rings. The number of aromatic amines is 1. The molecule has 0 saturated carbocycles. The normalized spacial score (nSPS) is 14.8. The first-order chi connectivity index (χ1) is 44.4. The van der Waals surface area contributed by atoms with Crippen molar-refractivity contribution in [3.8, 4) is 0 Å². The number of hydrogen-bond donors (Lipinski definition) is 13. The maximum atomic E-state index is 12.1. The summed E-state index contributed by atoms with van der Waals surface area (Å²) in [5.41, 5.74) is 9.60. The zero-order valence-electron chi connectivity index (χ0n) is 51.1. The van der Waals surface area contributed by atoms with Crippen LogP contribution in [0.15, 0.2) is 110 Å². The number of nitro groups is 2. The van der Waals surface area contributed by atoms with Gasteiger partial charge >= 0.3 is 86.8 Å². The Morgan fingerprint density at radius 1 is 0.653 bits per heavy atom. The minimum absolute atomic E-state index is 0.0422. The van der Waals surface area contributed by atoms with E-state index in [1.54, 1.807) is 64.1 Å². The van der Waals surface area contributed by atoms with Crippen LogP contribution in [-0.4, -0.2) is 174 Å². The molecule has 3 aliphatic heterocycles. The number of hydrogen-bond acceptors (Lipinski definition) is 26. The van der Waals surface area contributed by atoms with Crippen LogP contribution in [0.3, 0.4) is 0 Å². The van der Waals surface area contributed by atoms with E-state index in [4.69, 9.17) is 20.8 Å². The van der Waals surface area contributed by atoms with Gasteiger partial charge in [0.25, 0.3) is 5.97 Å². The van der Waals surface area contributed by atoms with Gasteiger partial charge in [0.1, 0.15) is 4.60 Å². The first-order valence-electron chi connectivity index (χ1n) is 26.9. The van der Waals surface area contributed by atoms with Crippen LogP contribution in [0, 0.1) is 27.2 Å². The zero-order valence-corrected chi connectivity index (χ0v) is 67.3. The Labute approximate surface area is 625 Å². The van der Waals surface area contributed by atoms with Gasteiger partial charge < -0.3 is 88.6 Å². The van der Waals surface area contributed by atoms with Crippen molar-refractivity contribution in [2.45, 2.75) is 70.7 Å². The Kier molecular flexibility index (Phi) is 39.7. The summed E-state index contributed by atoms with van der Waals surface area (Å²) in [5, 5.41) is 88.7. The number of fused-ring (bicyclic) bond motifs is 3. The molecule has 3 amide bonds.